The lowest BCUT2D eigenvalue weighted by Gasteiger charge is -2.37. The van der Waals surface area contributed by atoms with Crippen LogP contribution < -0.4 is 0 Å². The van der Waals surface area contributed by atoms with Crippen molar-refractivity contribution < 1.29 is 19.1 Å². The Labute approximate surface area is 112 Å². The van der Waals surface area contributed by atoms with Gasteiger partial charge in [-0.15, -0.1) is 0 Å². The molecule has 0 bridgehead atoms. The van der Waals surface area contributed by atoms with E-state index in [1.54, 1.807) is 7.05 Å². The summed E-state index contributed by atoms with van der Waals surface area (Å²) in [6, 6.07) is 3.67. The molecule has 0 aromatic carbocycles. The minimum atomic E-state index is -0.852. The van der Waals surface area contributed by atoms with E-state index in [1.807, 2.05) is 19.1 Å². The van der Waals surface area contributed by atoms with Gasteiger partial charge in [0, 0.05) is 13.5 Å². The minimum absolute atomic E-state index is 0.0819. The van der Waals surface area contributed by atoms with Crippen molar-refractivity contribution in [2.75, 3.05) is 7.05 Å². The fourth-order valence-electron chi connectivity index (χ4n) is 2.39. The van der Waals surface area contributed by atoms with Crippen LogP contribution in [0.1, 0.15) is 37.2 Å². The van der Waals surface area contributed by atoms with Crippen molar-refractivity contribution in [1.29, 1.82) is 0 Å². The Bertz CT molecular complexity index is 487. The molecule has 1 heterocycles. The summed E-state index contributed by atoms with van der Waals surface area (Å²) in [4.78, 5) is 24.9. The van der Waals surface area contributed by atoms with E-state index < -0.39 is 11.4 Å². The molecule has 1 aliphatic rings. The molecule has 0 radical (unpaired) electrons. The second kappa shape index (κ2) is 5.07. The van der Waals surface area contributed by atoms with Crippen LogP contribution in [-0.4, -0.2) is 28.9 Å². The number of carbonyl (C=O) groups excluding carboxylic acids is 1. The van der Waals surface area contributed by atoms with E-state index in [0.717, 1.165) is 12.2 Å². The summed E-state index contributed by atoms with van der Waals surface area (Å²) in [5.41, 5.74) is -0.829. The van der Waals surface area contributed by atoms with E-state index in [2.05, 4.69) is 0 Å². The molecule has 1 aromatic heterocycles. The van der Waals surface area contributed by atoms with Crippen molar-refractivity contribution >= 4 is 11.9 Å². The van der Waals surface area contributed by atoms with Crippen LogP contribution in [0.2, 0.25) is 0 Å². The normalized spacial score (nSPS) is 16.7. The number of carboxylic acids is 1. The first kappa shape index (κ1) is 13.6. The number of hydrogen-bond donors (Lipinski definition) is 1. The van der Waals surface area contributed by atoms with Crippen molar-refractivity contribution in [2.45, 2.75) is 39.2 Å². The predicted molar refractivity (Wildman–Crippen MR) is 68.5 cm³/mol. The Kier molecular flexibility index (Phi) is 3.64. The zero-order valence-corrected chi connectivity index (χ0v) is 11.3. The highest BCUT2D eigenvalue weighted by molar-refractivity contribution is 5.85. The number of furan rings is 1. The highest BCUT2D eigenvalue weighted by atomic mass is 16.4. The fourth-order valence-corrected chi connectivity index (χ4v) is 2.39. The van der Waals surface area contributed by atoms with E-state index >= 15 is 0 Å². The number of amides is 1. The Morgan fingerprint density at radius 2 is 2.11 bits per heavy atom. The molecule has 5 nitrogen and oxygen atoms in total. The molecule has 1 aromatic rings. The summed E-state index contributed by atoms with van der Waals surface area (Å²) in [5, 5.41) is 9.22. The minimum Gasteiger partial charge on any atom is -0.481 e. The summed E-state index contributed by atoms with van der Waals surface area (Å²) in [7, 11) is 1.68. The van der Waals surface area contributed by atoms with Gasteiger partial charge in [-0.2, -0.15) is 0 Å². The molecule has 104 valence electrons. The SMILES string of the molecule is Cc1ccc(CN(C)C(=O)CC2(C(=O)O)CCC2)o1. The third-order valence-electron chi connectivity index (χ3n) is 3.87. The number of aliphatic carboxylic acids is 1. The van der Waals surface area contributed by atoms with Crippen molar-refractivity contribution in [1.82, 2.24) is 4.90 Å². The van der Waals surface area contributed by atoms with Crippen LogP contribution in [0, 0.1) is 12.3 Å². The maximum absolute atomic E-state index is 12.1. The molecule has 1 aliphatic carbocycles. The van der Waals surface area contributed by atoms with E-state index in [0.29, 0.717) is 25.1 Å². The molecule has 1 amide bonds. The van der Waals surface area contributed by atoms with Gasteiger partial charge in [0.15, 0.2) is 0 Å². The summed E-state index contributed by atoms with van der Waals surface area (Å²) in [5.74, 6) is 0.522. The maximum Gasteiger partial charge on any atom is 0.310 e. The lowest BCUT2D eigenvalue weighted by Crippen LogP contribution is -2.42. The molecule has 1 saturated carbocycles. The standard InChI is InChI=1S/C14H19NO4/c1-10-4-5-11(19-10)9-15(2)12(16)8-14(13(17)18)6-3-7-14/h4-5H,3,6-9H2,1-2H3,(H,17,18). The third-order valence-corrected chi connectivity index (χ3v) is 3.87. The Balaban J connectivity index is 1.94. The average Bonchev–Trinajstić information content (AvgIpc) is 2.68. The number of rotatable bonds is 5. The molecule has 2 rings (SSSR count). The van der Waals surface area contributed by atoms with Crippen molar-refractivity contribution in [3.63, 3.8) is 0 Å². The smallest absolute Gasteiger partial charge is 0.310 e. The molecule has 0 unspecified atom stereocenters. The van der Waals surface area contributed by atoms with Gasteiger partial charge < -0.3 is 14.4 Å². The first-order valence-corrected chi connectivity index (χ1v) is 6.46. The van der Waals surface area contributed by atoms with Crippen LogP contribution in [0.15, 0.2) is 16.5 Å². The van der Waals surface area contributed by atoms with Crippen molar-refractivity contribution in [2.24, 2.45) is 5.41 Å². The van der Waals surface area contributed by atoms with Crippen LogP contribution in [0.25, 0.3) is 0 Å². The zero-order valence-electron chi connectivity index (χ0n) is 11.3. The van der Waals surface area contributed by atoms with Gasteiger partial charge in [0.1, 0.15) is 11.5 Å². The molecule has 1 fully saturated rings. The molecular weight excluding hydrogens is 246 g/mol. The predicted octanol–water partition coefficient (Wildman–Crippen LogP) is 2.19. The Morgan fingerprint density at radius 3 is 2.53 bits per heavy atom. The van der Waals surface area contributed by atoms with Crippen LogP contribution in [0.4, 0.5) is 0 Å². The van der Waals surface area contributed by atoms with Crippen LogP contribution in [-0.2, 0) is 16.1 Å². The van der Waals surface area contributed by atoms with Gasteiger partial charge in [0.2, 0.25) is 5.91 Å². The highest BCUT2D eigenvalue weighted by Crippen LogP contribution is 2.44. The summed E-state index contributed by atoms with van der Waals surface area (Å²) in [6.45, 7) is 2.22. The fraction of sp³-hybridized carbons (Fsp3) is 0.571. The summed E-state index contributed by atoms with van der Waals surface area (Å²) >= 11 is 0. The molecule has 0 atom stereocenters. The molecular formula is C14H19NO4. The Hall–Kier alpha value is -1.78. The average molecular weight is 265 g/mol. The first-order chi connectivity index (χ1) is 8.93. The monoisotopic (exact) mass is 265 g/mol. The molecule has 1 N–H and O–H groups in total. The topological polar surface area (TPSA) is 70.8 Å². The van der Waals surface area contributed by atoms with Crippen LogP contribution >= 0.6 is 0 Å². The van der Waals surface area contributed by atoms with Gasteiger partial charge in [0.25, 0.3) is 0 Å². The molecule has 0 saturated heterocycles. The van der Waals surface area contributed by atoms with Gasteiger partial charge in [-0.05, 0) is 31.9 Å². The third kappa shape index (κ3) is 2.80. The van der Waals surface area contributed by atoms with E-state index in [1.165, 1.54) is 4.90 Å². The molecule has 5 heteroatoms. The van der Waals surface area contributed by atoms with Gasteiger partial charge in [-0.3, -0.25) is 9.59 Å². The van der Waals surface area contributed by atoms with Crippen molar-refractivity contribution in [3.8, 4) is 0 Å². The molecule has 19 heavy (non-hydrogen) atoms. The second-order valence-corrected chi connectivity index (χ2v) is 5.38. The highest BCUT2D eigenvalue weighted by Gasteiger charge is 2.46. The number of hydrogen-bond acceptors (Lipinski definition) is 3. The molecule has 0 spiro atoms. The quantitative estimate of drug-likeness (QED) is 0.886. The number of nitrogens with zero attached hydrogens (tertiary/aromatic N) is 1. The maximum atomic E-state index is 12.1. The lowest BCUT2D eigenvalue weighted by atomic mass is 9.66. The van der Waals surface area contributed by atoms with E-state index in [9.17, 15) is 14.7 Å². The summed E-state index contributed by atoms with van der Waals surface area (Å²) < 4.78 is 5.41. The first-order valence-electron chi connectivity index (χ1n) is 6.46. The van der Waals surface area contributed by atoms with Crippen LogP contribution in [0.3, 0.4) is 0 Å². The van der Waals surface area contributed by atoms with Crippen LogP contribution in [0.5, 0.6) is 0 Å². The second-order valence-electron chi connectivity index (χ2n) is 5.38. The number of carboxylic acid groups (broad SMARTS) is 1. The number of aryl methyl sites for hydroxylation is 1. The van der Waals surface area contributed by atoms with Gasteiger partial charge in [-0.1, -0.05) is 6.42 Å². The largest absolute Gasteiger partial charge is 0.481 e. The van der Waals surface area contributed by atoms with Gasteiger partial charge in [0.05, 0.1) is 12.0 Å². The molecule has 0 aliphatic heterocycles. The van der Waals surface area contributed by atoms with Gasteiger partial charge >= 0.3 is 5.97 Å². The Morgan fingerprint density at radius 1 is 1.42 bits per heavy atom. The zero-order chi connectivity index (χ0) is 14.0. The number of carbonyl (C=O) groups is 2. The van der Waals surface area contributed by atoms with Crippen molar-refractivity contribution in [3.05, 3.63) is 23.7 Å². The lowest BCUT2D eigenvalue weighted by molar-refractivity contribution is -0.159. The van der Waals surface area contributed by atoms with E-state index in [-0.39, 0.29) is 12.3 Å². The van der Waals surface area contributed by atoms with Gasteiger partial charge in [-0.25, -0.2) is 0 Å². The van der Waals surface area contributed by atoms with E-state index in [4.69, 9.17) is 4.42 Å². The summed E-state index contributed by atoms with van der Waals surface area (Å²) in [6.07, 6.45) is 2.17.